The van der Waals surface area contributed by atoms with Crippen LogP contribution in [0.25, 0.3) is 0 Å². The number of carbonyl (C=O) groups is 1. The lowest BCUT2D eigenvalue weighted by Crippen LogP contribution is -2.23. The molecule has 0 unspecified atom stereocenters. The Morgan fingerprint density at radius 1 is 1.04 bits per heavy atom. The van der Waals surface area contributed by atoms with Gasteiger partial charge in [0.2, 0.25) is 0 Å². The van der Waals surface area contributed by atoms with Crippen LogP contribution in [0.5, 0.6) is 0 Å². The first kappa shape index (κ1) is 16.2. The van der Waals surface area contributed by atoms with Crippen molar-refractivity contribution >= 4 is 11.6 Å². The first-order valence-corrected chi connectivity index (χ1v) is 7.60. The van der Waals surface area contributed by atoms with E-state index in [0.29, 0.717) is 31.4 Å². The van der Waals surface area contributed by atoms with Crippen LogP contribution < -0.4 is 0 Å². The Kier molecular flexibility index (Phi) is 4.64. The van der Waals surface area contributed by atoms with E-state index in [1.54, 1.807) is 0 Å². The normalized spacial score (nSPS) is 14.0. The second kappa shape index (κ2) is 6.86. The number of hydrogen-bond acceptors (Lipinski definition) is 2. The van der Waals surface area contributed by atoms with E-state index in [9.17, 15) is 18.0 Å². The summed E-state index contributed by atoms with van der Waals surface area (Å²) in [4.78, 5) is 12.3. The molecule has 0 radical (unpaired) electrons. The van der Waals surface area contributed by atoms with Crippen molar-refractivity contribution in [3.8, 4) is 0 Å². The average molecular weight is 332 g/mol. The number of amides is 1. The van der Waals surface area contributed by atoms with Gasteiger partial charge in [-0.2, -0.15) is 5.10 Å². The van der Waals surface area contributed by atoms with E-state index in [1.165, 1.54) is 41.4 Å². The van der Waals surface area contributed by atoms with Crippen molar-refractivity contribution in [3.63, 3.8) is 0 Å². The van der Waals surface area contributed by atoms with Crippen LogP contribution in [0.3, 0.4) is 0 Å². The quantitative estimate of drug-likeness (QED) is 0.835. The van der Waals surface area contributed by atoms with Gasteiger partial charge in [0.1, 0.15) is 17.5 Å². The Morgan fingerprint density at radius 2 is 1.83 bits per heavy atom. The minimum atomic E-state index is -0.610. The van der Waals surface area contributed by atoms with E-state index in [0.717, 1.165) is 11.8 Å². The maximum atomic E-state index is 13.6. The molecule has 0 aliphatic carbocycles. The third-order valence-corrected chi connectivity index (χ3v) is 3.88. The van der Waals surface area contributed by atoms with Crippen molar-refractivity contribution in [1.29, 1.82) is 0 Å². The highest BCUT2D eigenvalue weighted by molar-refractivity contribution is 5.97. The molecule has 0 fully saturated rings. The van der Waals surface area contributed by atoms with Crippen molar-refractivity contribution in [2.24, 2.45) is 5.10 Å². The molecule has 1 heterocycles. The predicted octanol–water partition coefficient (Wildman–Crippen LogP) is 3.94. The molecule has 0 saturated heterocycles. The minimum Gasteiger partial charge on any atom is -0.267 e. The van der Waals surface area contributed by atoms with Gasteiger partial charge in [-0.25, -0.2) is 18.2 Å². The van der Waals surface area contributed by atoms with Crippen molar-refractivity contribution in [2.75, 3.05) is 6.54 Å². The second-order valence-electron chi connectivity index (χ2n) is 5.59. The van der Waals surface area contributed by atoms with Crippen LogP contribution in [0, 0.1) is 17.5 Å². The van der Waals surface area contributed by atoms with Crippen LogP contribution in [0.2, 0.25) is 0 Å². The molecule has 0 spiro atoms. The van der Waals surface area contributed by atoms with Gasteiger partial charge >= 0.3 is 0 Å². The van der Waals surface area contributed by atoms with E-state index in [1.807, 2.05) is 0 Å². The molecule has 0 bridgehead atoms. The van der Waals surface area contributed by atoms with Crippen molar-refractivity contribution in [1.82, 2.24) is 5.01 Å². The van der Waals surface area contributed by atoms with Gasteiger partial charge in [0.25, 0.3) is 5.91 Å². The molecule has 124 valence electrons. The van der Waals surface area contributed by atoms with Crippen LogP contribution in [0.15, 0.2) is 47.6 Å². The molecule has 0 aromatic heterocycles. The summed E-state index contributed by atoms with van der Waals surface area (Å²) in [5, 5.41) is 5.53. The first-order chi connectivity index (χ1) is 11.5. The van der Waals surface area contributed by atoms with E-state index in [2.05, 4.69) is 5.10 Å². The van der Waals surface area contributed by atoms with Crippen molar-refractivity contribution in [3.05, 3.63) is 71.0 Å². The molecule has 1 amide bonds. The van der Waals surface area contributed by atoms with Gasteiger partial charge in [0.15, 0.2) is 0 Å². The van der Waals surface area contributed by atoms with E-state index < -0.39 is 17.5 Å². The third-order valence-electron chi connectivity index (χ3n) is 3.88. The molecule has 0 N–H and O–H groups in total. The fourth-order valence-electron chi connectivity index (χ4n) is 2.60. The number of rotatable bonds is 4. The Balaban J connectivity index is 1.64. The Labute approximate surface area is 137 Å². The van der Waals surface area contributed by atoms with Crippen LogP contribution in [0.1, 0.15) is 28.8 Å². The van der Waals surface area contributed by atoms with Crippen molar-refractivity contribution in [2.45, 2.75) is 19.3 Å². The highest BCUT2D eigenvalue weighted by atomic mass is 19.1. The lowest BCUT2D eigenvalue weighted by molar-refractivity contribution is 0.0777. The average Bonchev–Trinajstić information content (AvgIpc) is 3.02. The van der Waals surface area contributed by atoms with Crippen LogP contribution in [-0.2, 0) is 6.42 Å². The summed E-state index contributed by atoms with van der Waals surface area (Å²) in [5.74, 6) is -2.03. The molecular weight excluding hydrogens is 317 g/mol. The standard InChI is InChI=1S/C18H15F3N2O/c19-14-3-1-2-13(10-14)18(24)23-9-8-16(22-23)7-5-12-4-6-15(20)11-17(12)21/h1-4,6,10-11H,5,7-9H2. The lowest BCUT2D eigenvalue weighted by Gasteiger charge is -2.11. The molecule has 1 aliphatic rings. The number of aryl methyl sites for hydroxylation is 1. The topological polar surface area (TPSA) is 32.7 Å². The highest BCUT2D eigenvalue weighted by Gasteiger charge is 2.22. The van der Waals surface area contributed by atoms with Crippen LogP contribution in [0.4, 0.5) is 13.2 Å². The van der Waals surface area contributed by atoms with E-state index in [4.69, 9.17) is 0 Å². The third kappa shape index (κ3) is 3.64. The maximum absolute atomic E-state index is 13.6. The number of nitrogens with zero attached hydrogens (tertiary/aromatic N) is 2. The van der Waals surface area contributed by atoms with Gasteiger partial charge in [-0.05, 0) is 42.7 Å². The predicted molar refractivity (Wildman–Crippen MR) is 84.2 cm³/mol. The summed E-state index contributed by atoms with van der Waals surface area (Å²) in [6, 6.07) is 8.93. The fourth-order valence-corrected chi connectivity index (χ4v) is 2.60. The molecule has 3 rings (SSSR count). The molecule has 2 aromatic rings. The van der Waals surface area contributed by atoms with Crippen LogP contribution >= 0.6 is 0 Å². The van der Waals surface area contributed by atoms with Crippen molar-refractivity contribution < 1.29 is 18.0 Å². The van der Waals surface area contributed by atoms with Gasteiger partial charge < -0.3 is 0 Å². The zero-order valence-electron chi connectivity index (χ0n) is 12.8. The van der Waals surface area contributed by atoms with E-state index in [-0.39, 0.29) is 11.5 Å². The summed E-state index contributed by atoms with van der Waals surface area (Å²) < 4.78 is 39.7. The summed E-state index contributed by atoms with van der Waals surface area (Å²) in [5.41, 5.74) is 1.42. The number of halogens is 3. The number of hydrazone groups is 1. The molecule has 0 atom stereocenters. The first-order valence-electron chi connectivity index (χ1n) is 7.60. The molecule has 24 heavy (non-hydrogen) atoms. The van der Waals surface area contributed by atoms with E-state index >= 15 is 0 Å². The summed E-state index contributed by atoms with van der Waals surface area (Å²) in [6.45, 7) is 0.413. The van der Waals surface area contributed by atoms with Gasteiger partial charge in [-0.15, -0.1) is 0 Å². The van der Waals surface area contributed by atoms with Gasteiger partial charge in [0, 0.05) is 23.8 Å². The van der Waals surface area contributed by atoms with Gasteiger partial charge in [-0.1, -0.05) is 12.1 Å². The molecular formula is C18H15F3N2O. The Morgan fingerprint density at radius 3 is 2.58 bits per heavy atom. The molecule has 1 aliphatic heterocycles. The zero-order chi connectivity index (χ0) is 17.1. The molecule has 6 heteroatoms. The molecule has 2 aromatic carbocycles. The summed E-state index contributed by atoms with van der Waals surface area (Å²) in [7, 11) is 0. The van der Waals surface area contributed by atoms with Gasteiger partial charge in [-0.3, -0.25) is 4.79 Å². The number of hydrogen-bond donors (Lipinski definition) is 0. The molecule has 0 saturated carbocycles. The largest absolute Gasteiger partial charge is 0.274 e. The summed E-state index contributed by atoms with van der Waals surface area (Å²) >= 11 is 0. The Hall–Kier alpha value is -2.63. The number of carbonyl (C=O) groups excluding carboxylic acids is 1. The SMILES string of the molecule is O=C(c1cccc(F)c1)N1CCC(CCc2ccc(F)cc2F)=N1. The minimum absolute atomic E-state index is 0.240. The van der Waals surface area contributed by atoms with Crippen LogP contribution in [-0.4, -0.2) is 23.2 Å². The Bertz CT molecular complexity index is 805. The smallest absolute Gasteiger partial charge is 0.267 e. The maximum Gasteiger partial charge on any atom is 0.274 e. The fraction of sp³-hybridized carbons (Fsp3) is 0.222. The monoisotopic (exact) mass is 332 g/mol. The molecule has 3 nitrogen and oxygen atoms in total. The van der Waals surface area contributed by atoms with Gasteiger partial charge in [0.05, 0.1) is 6.54 Å². The highest BCUT2D eigenvalue weighted by Crippen LogP contribution is 2.17. The lowest BCUT2D eigenvalue weighted by atomic mass is 10.1. The summed E-state index contributed by atoms with van der Waals surface area (Å²) in [6.07, 6.45) is 1.45. The second-order valence-corrected chi connectivity index (χ2v) is 5.59. The number of benzene rings is 2. The zero-order valence-corrected chi connectivity index (χ0v) is 12.8.